The summed E-state index contributed by atoms with van der Waals surface area (Å²) >= 11 is 0. The third kappa shape index (κ3) is 4.49. The van der Waals surface area contributed by atoms with Gasteiger partial charge in [0, 0.05) is 17.1 Å². The highest BCUT2D eigenvalue weighted by molar-refractivity contribution is 5.92. The lowest BCUT2D eigenvalue weighted by molar-refractivity contribution is -0.115. The van der Waals surface area contributed by atoms with Crippen LogP contribution in [0.5, 0.6) is 0 Å². The highest BCUT2D eigenvalue weighted by atomic mass is 16.1. The number of aryl methyl sites for hydroxylation is 1. The number of nitrogens with zero attached hydrogens (tertiary/aromatic N) is 1. The average Bonchev–Trinajstić information content (AvgIpc) is 2.65. The van der Waals surface area contributed by atoms with Gasteiger partial charge in [-0.3, -0.25) is 4.79 Å². The summed E-state index contributed by atoms with van der Waals surface area (Å²) in [5, 5.41) is 15.1. The third-order valence-electron chi connectivity index (χ3n) is 4.06. The molecule has 26 heavy (non-hydrogen) atoms. The smallest absolute Gasteiger partial charge is 0.228 e. The van der Waals surface area contributed by atoms with Gasteiger partial charge in [-0.2, -0.15) is 5.26 Å². The molecule has 0 spiro atoms. The number of rotatable bonds is 5. The summed E-state index contributed by atoms with van der Waals surface area (Å²) < 4.78 is 0. The number of hydrogen-bond donors (Lipinski definition) is 2. The molecule has 128 valence electrons. The summed E-state index contributed by atoms with van der Waals surface area (Å²) in [6.45, 7) is 2.00. The lowest BCUT2D eigenvalue weighted by Gasteiger charge is -2.10. The fourth-order valence-electron chi connectivity index (χ4n) is 2.66. The molecule has 0 fully saturated rings. The van der Waals surface area contributed by atoms with Crippen LogP contribution in [0.25, 0.3) is 0 Å². The molecule has 0 aliphatic heterocycles. The van der Waals surface area contributed by atoms with E-state index in [1.54, 1.807) is 12.1 Å². The predicted octanol–water partition coefficient (Wildman–Crippen LogP) is 4.79. The van der Waals surface area contributed by atoms with Gasteiger partial charge in [-0.15, -0.1) is 0 Å². The van der Waals surface area contributed by atoms with Crippen LogP contribution >= 0.6 is 0 Å². The van der Waals surface area contributed by atoms with Crippen LogP contribution in [-0.4, -0.2) is 5.91 Å². The van der Waals surface area contributed by atoms with Crippen molar-refractivity contribution in [1.82, 2.24) is 0 Å². The van der Waals surface area contributed by atoms with Gasteiger partial charge < -0.3 is 10.6 Å². The molecule has 0 aliphatic carbocycles. The zero-order valence-electron chi connectivity index (χ0n) is 14.5. The molecule has 3 aromatic carbocycles. The summed E-state index contributed by atoms with van der Waals surface area (Å²) in [5.74, 6) is -0.0401. The number of amides is 1. The highest BCUT2D eigenvalue weighted by Crippen LogP contribution is 2.20. The summed E-state index contributed by atoms with van der Waals surface area (Å²) in [7, 11) is 0. The monoisotopic (exact) mass is 341 g/mol. The first-order valence-corrected chi connectivity index (χ1v) is 8.35. The molecule has 0 bridgehead atoms. The number of carbonyl (C=O) groups is 1. The lowest BCUT2D eigenvalue weighted by atomic mass is 10.1. The molecule has 0 radical (unpaired) electrons. The minimum absolute atomic E-state index is 0.0401. The Bertz CT molecular complexity index is 956. The first kappa shape index (κ1) is 17.2. The quantitative estimate of drug-likeness (QED) is 0.701. The van der Waals surface area contributed by atoms with E-state index in [1.807, 2.05) is 67.6 Å². The molecule has 1 amide bonds. The summed E-state index contributed by atoms with van der Waals surface area (Å²) in [6, 6.07) is 24.8. The maximum absolute atomic E-state index is 12.2. The molecule has 4 nitrogen and oxygen atoms in total. The Morgan fingerprint density at radius 3 is 2.38 bits per heavy atom. The van der Waals surface area contributed by atoms with Crippen molar-refractivity contribution in [2.45, 2.75) is 13.3 Å². The fraction of sp³-hybridized carbons (Fsp3) is 0.0909. The van der Waals surface area contributed by atoms with Crippen molar-refractivity contribution < 1.29 is 4.79 Å². The predicted molar refractivity (Wildman–Crippen MR) is 104 cm³/mol. The number of benzene rings is 3. The van der Waals surface area contributed by atoms with E-state index in [-0.39, 0.29) is 5.91 Å². The Balaban J connectivity index is 1.61. The van der Waals surface area contributed by atoms with Crippen LogP contribution in [0.15, 0.2) is 72.8 Å². The molecule has 3 rings (SSSR count). The Kier molecular flexibility index (Phi) is 5.31. The Morgan fingerprint density at radius 2 is 1.65 bits per heavy atom. The van der Waals surface area contributed by atoms with Crippen LogP contribution in [-0.2, 0) is 11.2 Å². The van der Waals surface area contributed by atoms with Crippen molar-refractivity contribution >= 4 is 23.0 Å². The molecule has 4 heteroatoms. The van der Waals surface area contributed by atoms with Crippen molar-refractivity contribution in [3.63, 3.8) is 0 Å². The van der Waals surface area contributed by atoms with E-state index in [0.717, 1.165) is 28.2 Å². The van der Waals surface area contributed by atoms with Crippen LogP contribution in [0, 0.1) is 18.3 Å². The standard InChI is InChI=1S/C22H19N3O/c1-16-5-2-3-7-18(16)14-22(26)25-20-11-9-19(10-12-20)24-21-8-4-6-17(13-21)15-23/h2-13,24H,14H2,1H3,(H,25,26). The van der Waals surface area contributed by atoms with E-state index in [2.05, 4.69) is 16.7 Å². The van der Waals surface area contributed by atoms with Gasteiger partial charge in [-0.1, -0.05) is 30.3 Å². The van der Waals surface area contributed by atoms with Crippen LogP contribution in [0.1, 0.15) is 16.7 Å². The molecule has 3 aromatic rings. The molecular weight excluding hydrogens is 322 g/mol. The van der Waals surface area contributed by atoms with E-state index in [1.165, 1.54) is 0 Å². The number of anilines is 3. The Labute approximate surface area is 153 Å². The van der Waals surface area contributed by atoms with E-state index in [4.69, 9.17) is 5.26 Å². The normalized spacial score (nSPS) is 10.0. The molecule has 0 heterocycles. The van der Waals surface area contributed by atoms with E-state index in [9.17, 15) is 4.79 Å². The summed E-state index contributed by atoms with van der Waals surface area (Å²) in [5.41, 5.74) is 5.23. The second-order valence-electron chi connectivity index (χ2n) is 6.05. The Hall–Kier alpha value is -3.58. The van der Waals surface area contributed by atoms with Gasteiger partial charge in [0.05, 0.1) is 18.1 Å². The SMILES string of the molecule is Cc1ccccc1CC(=O)Nc1ccc(Nc2cccc(C#N)c2)cc1. The van der Waals surface area contributed by atoms with E-state index >= 15 is 0 Å². The number of carbonyl (C=O) groups excluding carboxylic acids is 1. The van der Waals surface area contributed by atoms with E-state index in [0.29, 0.717) is 12.0 Å². The van der Waals surface area contributed by atoms with Gasteiger partial charge in [0.2, 0.25) is 5.91 Å². The number of nitrogens with one attached hydrogen (secondary N) is 2. The lowest BCUT2D eigenvalue weighted by Crippen LogP contribution is -2.14. The number of nitriles is 1. The van der Waals surface area contributed by atoms with Crippen LogP contribution < -0.4 is 10.6 Å². The topological polar surface area (TPSA) is 64.9 Å². The number of hydrogen-bond acceptors (Lipinski definition) is 3. The second-order valence-corrected chi connectivity index (χ2v) is 6.05. The van der Waals surface area contributed by atoms with Crippen molar-refractivity contribution in [2.24, 2.45) is 0 Å². The molecule has 0 aliphatic rings. The third-order valence-corrected chi connectivity index (χ3v) is 4.06. The Morgan fingerprint density at radius 1 is 0.923 bits per heavy atom. The van der Waals surface area contributed by atoms with Crippen LogP contribution in [0.3, 0.4) is 0 Å². The van der Waals surface area contributed by atoms with Gasteiger partial charge in [-0.25, -0.2) is 0 Å². The second kappa shape index (κ2) is 8.00. The molecule has 0 unspecified atom stereocenters. The summed E-state index contributed by atoms with van der Waals surface area (Å²) in [4.78, 5) is 12.2. The van der Waals surface area contributed by atoms with Crippen LogP contribution in [0.4, 0.5) is 17.1 Å². The first-order valence-electron chi connectivity index (χ1n) is 8.35. The maximum Gasteiger partial charge on any atom is 0.228 e. The van der Waals surface area contributed by atoms with Crippen LogP contribution in [0.2, 0.25) is 0 Å². The molecule has 0 saturated carbocycles. The van der Waals surface area contributed by atoms with Gasteiger partial charge in [0.25, 0.3) is 0 Å². The minimum atomic E-state index is -0.0401. The zero-order valence-corrected chi connectivity index (χ0v) is 14.5. The van der Waals surface area contributed by atoms with E-state index < -0.39 is 0 Å². The first-order chi connectivity index (χ1) is 12.6. The van der Waals surface area contributed by atoms with Crippen molar-refractivity contribution in [2.75, 3.05) is 10.6 Å². The largest absolute Gasteiger partial charge is 0.355 e. The molecule has 2 N–H and O–H groups in total. The summed E-state index contributed by atoms with van der Waals surface area (Å²) in [6.07, 6.45) is 0.355. The van der Waals surface area contributed by atoms with Gasteiger partial charge in [0.15, 0.2) is 0 Å². The maximum atomic E-state index is 12.2. The molecule has 0 atom stereocenters. The fourth-order valence-corrected chi connectivity index (χ4v) is 2.66. The van der Waals surface area contributed by atoms with Gasteiger partial charge in [-0.05, 0) is 60.5 Å². The average molecular weight is 341 g/mol. The van der Waals surface area contributed by atoms with Crippen molar-refractivity contribution in [3.8, 4) is 6.07 Å². The zero-order chi connectivity index (χ0) is 18.4. The molecule has 0 aromatic heterocycles. The highest BCUT2D eigenvalue weighted by Gasteiger charge is 2.06. The van der Waals surface area contributed by atoms with Gasteiger partial charge >= 0.3 is 0 Å². The molecule has 0 saturated heterocycles. The minimum Gasteiger partial charge on any atom is -0.355 e. The molecular formula is C22H19N3O. The van der Waals surface area contributed by atoms with Crippen molar-refractivity contribution in [3.05, 3.63) is 89.5 Å². The van der Waals surface area contributed by atoms with Gasteiger partial charge in [0.1, 0.15) is 0 Å². The van der Waals surface area contributed by atoms with Crippen molar-refractivity contribution in [1.29, 1.82) is 5.26 Å².